The average Bonchev–Trinajstić information content (AvgIpc) is 3.22. The molecule has 0 spiro atoms. The van der Waals surface area contributed by atoms with E-state index in [2.05, 4.69) is 10.3 Å². The van der Waals surface area contributed by atoms with Crippen LogP contribution in [0, 0.1) is 0 Å². The molecule has 168 valence electrons. The van der Waals surface area contributed by atoms with Crippen LogP contribution < -0.4 is 10.9 Å². The first-order valence-corrected chi connectivity index (χ1v) is 11.9. The molecular formula is C24H21N3O4S2. The van der Waals surface area contributed by atoms with Crippen molar-refractivity contribution >= 4 is 50.9 Å². The standard InChI is InChI=1S/C24H21N3O4S2/c1-14(2)21-26-22-20(16(13-32-22)24(30)31)23(29)27(21)12-19(28)25-17-10-6-7-11-18(17)33-15-8-4-3-5-9-15/h3-11,13-14H,12H2,1-2H3,(H,25,28)(H,30,31). The number of anilines is 1. The number of aromatic nitrogens is 2. The second-order valence-electron chi connectivity index (χ2n) is 7.61. The molecule has 0 unspecified atom stereocenters. The lowest BCUT2D eigenvalue weighted by molar-refractivity contribution is -0.116. The zero-order chi connectivity index (χ0) is 23.5. The highest BCUT2D eigenvalue weighted by Crippen LogP contribution is 2.33. The molecule has 0 fully saturated rings. The number of nitrogens with one attached hydrogen (secondary N) is 1. The van der Waals surface area contributed by atoms with Gasteiger partial charge in [0.1, 0.15) is 17.2 Å². The van der Waals surface area contributed by atoms with Gasteiger partial charge in [0.25, 0.3) is 5.56 Å². The summed E-state index contributed by atoms with van der Waals surface area (Å²) in [5.41, 5.74) is 0.0114. The lowest BCUT2D eigenvalue weighted by atomic mass is 10.2. The molecule has 0 saturated heterocycles. The number of thiophene rings is 1. The van der Waals surface area contributed by atoms with Gasteiger partial charge in [-0.25, -0.2) is 9.78 Å². The van der Waals surface area contributed by atoms with Gasteiger partial charge >= 0.3 is 5.97 Å². The Balaban J connectivity index is 1.66. The molecule has 2 heterocycles. The second-order valence-corrected chi connectivity index (χ2v) is 9.58. The lowest BCUT2D eigenvalue weighted by Gasteiger charge is -2.16. The maximum absolute atomic E-state index is 13.2. The number of carbonyl (C=O) groups excluding carboxylic acids is 1. The molecule has 2 aromatic carbocycles. The summed E-state index contributed by atoms with van der Waals surface area (Å²) < 4.78 is 1.27. The number of benzene rings is 2. The molecule has 7 nitrogen and oxygen atoms in total. The van der Waals surface area contributed by atoms with Crippen molar-refractivity contribution in [2.24, 2.45) is 0 Å². The van der Waals surface area contributed by atoms with Gasteiger partial charge in [-0.3, -0.25) is 14.2 Å². The highest BCUT2D eigenvalue weighted by Gasteiger charge is 2.22. The van der Waals surface area contributed by atoms with E-state index in [0.29, 0.717) is 16.3 Å². The Morgan fingerprint density at radius 2 is 1.82 bits per heavy atom. The van der Waals surface area contributed by atoms with E-state index in [-0.39, 0.29) is 23.4 Å². The molecule has 0 aliphatic carbocycles. The first kappa shape index (κ1) is 22.8. The van der Waals surface area contributed by atoms with Gasteiger partial charge in [-0.2, -0.15) is 0 Å². The van der Waals surface area contributed by atoms with E-state index in [1.807, 2.05) is 62.4 Å². The number of aromatic carboxylic acids is 1. The first-order chi connectivity index (χ1) is 15.8. The van der Waals surface area contributed by atoms with E-state index in [1.54, 1.807) is 6.07 Å². The smallest absolute Gasteiger partial charge is 0.337 e. The quantitative estimate of drug-likeness (QED) is 0.384. The van der Waals surface area contributed by atoms with Gasteiger partial charge in [-0.1, -0.05) is 55.9 Å². The highest BCUT2D eigenvalue weighted by atomic mass is 32.2. The molecule has 9 heteroatoms. The van der Waals surface area contributed by atoms with Crippen molar-refractivity contribution in [2.45, 2.75) is 36.1 Å². The maximum Gasteiger partial charge on any atom is 0.337 e. The Labute approximate surface area is 198 Å². The van der Waals surface area contributed by atoms with E-state index in [9.17, 15) is 19.5 Å². The van der Waals surface area contributed by atoms with Gasteiger partial charge in [0.15, 0.2) is 0 Å². The van der Waals surface area contributed by atoms with E-state index in [1.165, 1.54) is 21.7 Å². The summed E-state index contributed by atoms with van der Waals surface area (Å²) in [6.07, 6.45) is 0. The minimum absolute atomic E-state index is 0.0322. The number of amides is 1. The van der Waals surface area contributed by atoms with Crippen LogP contribution in [0.2, 0.25) is 0 Å². The summed E-state index contributed by atoms with van der Waals surface area (Å²) in [6, 6.07) is 17.2. The minimum Gasteiger partial charge on any atom is -0.478 e. The number of carbonyl (C=O) groups is 2. The summed E-state index contributed by atoms with van der Waals surface area (Å²) in [4.78, 5) is 44.5. The zero-order valence-corrected chi connectivity index (χ0v) is 19.6. The largest absolute Gasteiger partial charge is 0.478 e. The van der Waals surface area contributed by atoms with Gasteiger partial charge < -0.3 is 10.4 Å². The van der Waals surface area contributed by atoms with Crippen LogP contribution in [0.15, 0.2) is 74.6 Å². The average molecular weight is 480 g/mol. The summed E-state index contributed by atoms with van der Waals surface area (Å²) in [5, 5.41) is 13.8. The van der Waals surface area contributed by atoms with Gasteiger partial charge in [-0.05, 0) is 24.3 Å². The Morgan fingerprint density at radius 1 is 1.12 bits per heavy atom. The van der Waals surface area contributed by atoms with Crippen LogP contribution in [0.5, 0.6) is 0 Å². The second kappa shape index (κ2) is 9.60. The fraction of sp³-hybridized carbons (Fsp3) is 0.167. The number of fused-ring (bicyclic) bond motifs is 1. The van der Waals surface area contributed by atoms with Crippen molar-refractivity contribution in [3.63, 3.8) is 0 Å². The van der Waals surface area contributed by atoms with Gasteiger partial charge in [0.05, 0.1) is 16.6 Å². The summed E-state index contributed by atoms with van der Waals surface area (Å²) in [6.45, 7) is 3.48. The number of rotatable bonds is 7. The number of nitrogens with zero attached hydrogens (tertiary/aromatic N) is 2. The van der Waals surface area contributed by atoms with E-state index in [4.69, 9.17) is 0 Å². The van der Waals surface area contributed by atoms with Gasteiger partial charge in [0.2, 0.25) is 5.91 Å². The summed E-state index contributed by atoms with van der Waals surface area (Å²) in [5.74, 6) is -1.28. The third-order valence-corrected chi connectivity index (χ3v) is 6.86. The minimum atomic E-state index is -1.19. The Hall–Kier alpha value is -3.43. The fourth-order valence-electron chi connectivity index (χ4n) is 3.40. The molecule has 33 heavy (non-hydrogen) atoms. The summed E-state index contributed by atoms with van der Waals surface area (Å²) >= 11 is 2.63. The topological polar surface area (TPSA) is 101 Å². The SMILES string of the molecule is CC(C)c1nc2scc(C(=O)O)c2c(=O)n1CC(=O)Nc1ccccc1Sc1ccccc1. The monoisotopic (exact) mass is 479 g/mol. The fourth-order valence-corrected chi connectivity index (χ4v) is 5.23. The third kappa shape index (κ3) is 4.84. The Kier molecular flexibility index (Phi) is 6.62. The van der Waals surface area contributed by atoms with Crippen LogP contribution in [0.25, 0.3) is 10.2 Å². The number of hydrogen-bond donors (Lipinski definition) is 2. The molecule has 0 saturated carbocycles. The van der Waals surface area contributed by atoms with Crippen LogP contribution in [-0.4, -0.2) is 26.5 Å². The van der Waals surface area contributed by atoms with E-state index < -0.39 is 17.4 Å². The first-order valence-electron chi connectivity index (χ1n) is 10.2. The van der Waals surface area contributed by atoms with Crippen molar-refractivity contribution in [2.75, 3.05) is 5.32 Å². The molecule has 0 radical (unpaired) electrons. The molecule has 2 N–H and O–H groups in total. The number of carboxylic acid groups (broad SMARTS) is 1. The van der Waals surface area contributed by atoms with Crippen molar-refractivity contribution in [3.05, 3.63) is 81.7 Å². The lowest BCUT2D eigenvalue weighted by Crippen LogP contribution is -2.32. The summed E-state index contributed by atoms with van der Waals surface area (Å²) in [7, 11) is 0. The van der Waals surface area contributed by atoms with Crippen LogP contribution in [0.3, 0.4) is 0 Å². The molecule has 1 amide bonds. The molecule has 2 aromatic heterocycles. The zero-order valence-electron chi connectivity index (χ0n) is 17.9. The van der Waals surface area contributed by atoms with Crippen molar-refractivity contribution in [3.8, 4) is 0 Å². The van der Waals surface area contributed by atoms with E-state index in [0.717, 1.165) is 21.1 Å². The normalized spacial score (nSPS) is 11.1. The van der Waals surface area contributed by atoms with Gasteiger partial charge in [0, 0.05) is 21.1 Å². The molecular weight excluding hydrogens is 458 g/mol. The molecule has 0 aliphatic rings. The van der Waals surface area contributed by atoms with Crippen LogP contribution >= 0.6 is 23.1 Å². The molecule has 0 aliphatic heterocycles. The van der Waals surface area contributed by atoms with E-state index >= 15 is 0 Å². The number of carboxylic acids is 1. The van der Waals surface area contributed by atoms with Crippen molar-refractivity contribution in [1.82, 2.24) is 9.55 Å². The molecule has 4 rings (SSSR count). The van der Waals surface area contributed by atoms with Crippen LogP contribution in [0.1, 0.15) is 35.9 Å². The van der Waals surface area contributed by atoms with Gasteiger partial charge in [-0.15, -0.1) is 11.3 Å². The Morgan fingerprint density at radius 3 is 2.52 bits per heavy atom. The predicted molar refractivity (Wildman–Crippen MR) is 131 cm³/mol. The highest BCUT2D eigenvalue weighted by molar-refractivity contribution is 7.99. The predicted octanol–water partition coefficient (Wildman–Crippen LogP) is 5.07. The number of hydrogen-bond acceptors (Lipinski definition) is 6. The maximum atomic E-state index is 13.2. The third-order valence-electron chi connectivity index (χ3n) is 4.90. The Bertz CT molecular complexity index is 1390. The van der Waals surface area contributed by atoms with Crippen LogP contribution in [0.4, 0.5) is 5.69 Å². The van der Waals surface area contributed by atoms with Crippen LogP contribution in [-0.2, 0) is 11.3 Å². The van der Waals surface area contributed by atoms with Crippen molar-refractivity contribution < 1.29 is 14.7 Å². The number of para-hydroxylation sites is 1. The molecule has 0 bridgehead atoms. The molecule has 0 atom stereocenters. The molecule has 4 aromatic rings. The van der Waals surface area contributed by atoms with Crippen molar-refractivity contribution in [1.29, 1.82) is 0 Å².